The first kappa shape index (κ1) is 15.6. The van der Waals surface area contributed by atoms with E-state index >= 15 is 0 Å². The molecule has 0 aliphatic heterocycles. The maximum atomic E-state index is 10.9. The molecule has 0 aliphatic carbocycles. The molecule has 0 saturated heterocycles. The standard InChI is InChI=1S/C14H13N5O2S2/c1-10(11-4-2-5-12(8-11)19(20)21)23-14-15-16-17-18(14)9-13-6-3-7-22-13/h2-8,10H,9H2,1H3. The predicted octanol–water partition coefficient (Wildman–Crippen LogP) is 3.54. The van der Waals surface area contributed by atoms with Gasteiger partial charge in [-0.2, -0.15) is 0 Å². The van der Waals surface area contributed by atoms with E-state index in [0.29, 0.717) is 11.7 Å². The average molecular weight is 347 g/mol. The van der Waals surface area contributed by atoms with E-state index in [9.17, 15) is 10.1 Å². The average Bonchev–Trinajstić information content (AvgIpc) is 3.20. The molecule has 0 N–H and O–H groups in total. The number of benzene rings is 1. The molecule has 1 unspecified atom stereocenters. The summed E-state index contributed by atoms with van der Waals surface area (Å²) in [4.78, 5) is 11.7. The van der Waals surface area contributed by atoms with Crippen molar-refractivity contribution >= 4 is 28.8 Å². The molecule has 3 rings (SSSR count). The second-order valence-corrected chi connectivity index (χ2v) is 7.15. The summed E-state index contributed by atoms with van der Waals surface area (Å²) in [6, 6.07) is 10.7. The number of hydrogen-bond donors (Lipinski definition) is 0. The van der Waals surface area contributed by atoms with Gasteiger partial charge in [0.25, 0.3) is 5.69 Å². The van der Waals surface area contributed by atoms with Gasteiger partial charge in [-0.15, -0.1) is 16.4 Å². The van der Waals surface area contributed by atoms with Crippen LogP contribution in [-0.4, -0.2) is 25.1 Å². The number of aromatic nitrogens is 4. The van der Waals surface area contributed by atoms with Gasteiger partial charge < -0.3 is 0 Å². The van der Waals surface area contributed by atoms with Gasteiger partial charge in [-0.25, -0.2) is 4.68 Å². The second-order valence-electron chi connectivity index (χ2n) is 4.81. The van der Waals surface area contributed by atoms with Crippen molar-refractivity contribution in [2.24, 2.45) is 0 Å². The van der Waals surface area contributed by atoms with Gasteiger partial charge in [0.2, 0.25) is 5.16 Å². The Morgan fingerprint density at radius 2 is 2.26 bits per heavy atom. The summed E-state index contributed by atoms with van der Waals surface area (Å²) in [6.45, 7) is 2.60. The molecule has 1 atom stereocenters. The van der Waals surface area contributed by atoms with Gasteiger partial charge in [0.05, 0.1) is 11.5 Å². The SMILES string of the molecule is CC(Sc1nnnn1Cc1cccs1)c1cccc([N+](=O)[O-])c1. The zero-order valence-electron chi connectivity index (χ0n) is 12.2. The third-order valence-electron chi connectivity index (χ3n) is 3.22. The Labute approximate surface area is 140 Å². The molecule has 0 bridgehead atoms. The Kier molecular flexibility index (Phi) is 4.68. The van der Waals surface area contributed by atoms with Crippen LogP contribution in [0.2, 0.25) is 0 Å². The van der Waals surface area contributed by atoms with E-state index in [2.05, 4.69) is 15.5 Å². The molecule has 2 aromatic heterocycles. The highest BCUT2D eigenvalue weighted by atomic mass is 32.2. The van der Waals surface area contributed by atoms with Crippen molar-refractivity contribution in [3.8, 4) is 0 Å². The molecule has 0 amide bonds. The van der Waals surface area contributed by atoms with Gasteiger partial charge in [0.15, 0.2) is 0 Å². The minimum atomic E-state index is -0.387. The monoisotopic (exact) mass is 347 g/mol. The van der Waals surface area contributed by atoms with Crippen molar-refractivity contribution in [1.29, 1.82) is 0 Å². The Bertz CT molecular complexity index is 803. The van der Waals surface area contributed by atoms with Gasteiger partial charge in [0, 0.05) is 22.3 Å². The summed E-state index contributed by atoms with van der Waals surface area (Å²) in [5.74, 6) is 0. The molecule has 1 aromatic carbocycles. The van der Waals surface area contributed by atoms with Crippen LogP contribution < -0.4 is 0 Å². The van der Waals surface area contributed by atoms with Gasteiger partial charge in [-0.05, 0) is 34.4 Å². The van der Waals surface area contributed by atoms with Crippen LogP contribution in [0.3, 0.4) is 0 Å². The summed E-state index contributed by atoms with van der Waals surface area (Å²) < 4.78 is 1.74. The molecule has 0 radical (unpaired) electrons. The molecular weight excluding hydrogens is 334 g/mol. The lowest BCUT2D eigenvalue weighted by molar-refractivity contribution is -0.384. The summed E-state index contributed by atoms with van der Waals surface area (Å²) in [6.07, 6.45) is 0. The molecule has 0 spiro atoms. The molecular formula is C14H13N5O2S2. The Morgan fingerprint density at radius 1 is 1.39 bits per heavy atom. The minimum Gasteiger partial charge on any atom is -0.258 e. The fourth-order valence-corrected chi connectivity index (χ4v) is 3.64. The van der Waals surface area contributed by atoms with Crippen molar-refractivity contribution in [3.05, 3.63) is 62.3 Å². The number of rotatable bonds is 6. The zero-order chi connectivity index (χ0) is 16.2. The molecule has 2 heterocycles. The lowest BCUT2D eigenvalue weighted by atomic mass is 10.1. The number of nitro benzene ring substituents is 1. The fourth-order valence-electron chi connectivity index (χ4n) is 2.05. The van der Waals surface area contributed by atoms with E-state index in [0.717, 1.165) is 5.56 Å². The van der Waals surface area contributed by atoms with Crippen LogP contribution in [0, 0.1) is 10.1 Å². The number of thiophene rings is 1. The van der Waals surface area contributed by atoms with Gasteiger partial charge in [0.1, 0.15) is 0 Å². The van der Waals surface area contributed by atoms with E-state index in [1.165, 1.54) is 22.7 Å². The molecule has 23 heavy (non-hydrogen) atoms. The van der Waals surface area contributed by atoms with Gasteiger partial charge >= 0.3 is 0 Å². The van der Waals surface area contributed by atoms with Crippen LogP contribution >= 0.6 is 23.1 Å². The molecule has 9 heteroatoms. The Hall–Kier alpha value is -2.26. The van der Waals surface area contributed by atoms with Crippen LogP contribution in [0.4, 0.5) is 5.69 Å². The van der Waals surface area contributed by atoms with Crippen molar-refractivity contribution in [2.45, 2.75) is 23.9 Å². The highest BCUT2D eigenvalue weighted by molar-refractivity contribution is 7.99. The van der Waals surface area contributed by atoms with Crippen molar-refractivity contribution in [1.82, 2.24) is 20.2 Å². The maximum absolute atomic E-state index is 10.9. The summed E-state index contributed by atoms with van der Waals surface area (Å²) in [5, 5.41) is 25.4. The van der Waals surface area contributed by atoms with Crippen molar-refractivity contribution in [2.75, 3.05) is 0 Å². The van der Waals surface area contributed by atoms with Crippen molar-refractivity contribution in [3.63, 3.8) is 0 Å². The van der Waals surface area contributed by atoms with E-state index in [-0.39, 0.29) is 15.9 Å². The molecule has 0 fully saturated rings. The molecule has 0 saturated carbocycles. The van der Waals surface area contributed by atoms with Crippen molar-refractivity contribution < 1.29 is 4.92 Å². The number of nitro groups is 1. The maximum Gasteiger partial charge on any atom is 0.269 e. The van der Waals surface area contributed by atoms with Gasteiger partial charge in [-0.3, -0.25) is 10.1 Å². The minimum absolute atomic E-state index is 0.00276. The number of non-ortho nitro benzene ring substituents is 1. The topological polar surface area (TPSA) is 86.7 Å². The number of thioether (sulfide) groups is 1. The Morgan fingerprint density at radius 3 is 3.00 bits per heavy atom. The number of nitrogens with zero attached hydrogens (tertiary/aromatic N) is 5. The van der Waals surface area contributed by atoms with E-state index in [4.69, 9.17) is 0 Å². The quantitative estimate of drug-likeness (QED) is 0.385. The number of hydrogen-bond acceptors (Lipinski definition) is 7. The molecule has 7 nitrogen and oxygen atoms in total. The molecule has 118 valence electrons. The highest BCUT2D eigenvalue weighted by Gasteiger charge is 2.16. The van der Waals surface area contributed by atoms with E-state index < -0.39 is 0 Å². The third kappa shape index (κ3) is 3.74. The summed E-state index contributed by atoms with van der Waals surface area (Å²) in [5.41, 5.74) is 0.961. The molecule has 0 aliphatic rings. The zero-order valence-corrected chi connectivity index (χ0v) is 13.8. The second kappa shape index (κ2) is 6.88. The van der Waals surface area contributed by atoms with Crippen LogP contribution in [0.25, 0.3) is 0 Å². The first-order valence-electron chi connectivity index (χ1n) is 6.83. The smallest absolute Gasteiger partial charge is 0.258 e. The Balaban J connectivity index is 1.76. The largest absolute Gasteiger partial charge is 0.269 e. The summed E-state index contributed by atoms with van der Waals surface area (Å²) >= 11 is 3.13. The first-order chi connectivity index (χ1) is 11.1. The van der Waals surface area contributed by atoms with Gasteiger partial charge in [-0.1, -0.05) is 30.0 Å². The van der Waals surface area contributed by atoms with Crippen LogP contribution in [0.15, 0.2) is 46.9 Å². The lowest BCUT2D eigenvalue weighted by Gasteiger charge is -2.10. The highest BCUT2D eigenvalue weighted by Crippen LogP contribution is 2.34. The fraction of sp³-hybridized carbons (Fsp3) is 0.214. The lowest BCUT2D eigenvalue weighted by Crippen LogP contribution is -2.03. The summed E-state index contributed by atoms with van der Waals surface area (Å²) in [7, 11) is 0. The third-order valence-corrected chi connectivity index (χ3v) is 5.21. The van der Waals surface area contributed by atoms with E-state index in [1.54, 1.807) is 28.2 Å². The first-order valence-corrected chi connectivity index (χ1v) is 8.59. The van der Waals surface area contributed by atoms with Crippen LogP contribution in [0.5, 0.6) is 0 Å². The van der Waals surface area contributed by atoms with Crippen LogP contribution in [0.1, 0.15) is 22.6 Å². The number of tetrazole rings is 1. The van der Waals surface area contributed by atoms with Crippen LogP contribution in [-0.2, 0) is 6.54 Å². The van der Waals surface area contributed by atoms with E-state index in [1.807, 2.05) is 30.5 Å². The normalized spacial score (nSPS) is 12.2. The molecule has 3 aromatic rings. The predicted molar refractivity (Wildman–Crippen MR) is 88.6 cm³/mol.